The van der Waals surface area contributed by atoms with Gasteiger partial charge in [-0.1, -0.05) is 29.3 Å². The SMILES string of the molecule is O=C(O)C1(Cc2ccc(Cl)cc2Cl)CCNC1. The van der Waals surface area contributed by atoms with E-state index < -0.39 is 11.4 Å². The molecule has 0 amide bonds. The number of carboxylic acids is 1. The van der Waals surface area contributed by atoms with Crippen LogP contribution in [0.4, 0.5) is 0 Å². The second kappa shape index (κ2) is 4.84. The van der Waals surface area contributed by atoms with E-state index in [0.29, 0.717) is 29.4 Å². The first-order chi connectivity index (χ1) is 8.03. The largest absolute Gasteiger partial charge is 0.481 e. The minimum Gasteiger partial charge on any atom is -0.481 e. The number of benzene rings is 1. The fourth-order valence-corrected chi connectivity index (χ4v) is 2.66. The molecular formula is C12H13Cl2NO2. The molecule has 0 saturated carbocycles. The van der Waals surface area contributed by atoms with Crippen LogP contribution in [0.3, 0.4) is 0 Å². The van der Waals surface area contributed by atoms with Crippen molar-refractivity contribution in [1.82, 2.24) is 5.32 Å². The van der Waals surface area contributed by atoms with Crippen LogP contribution < -0.4 is 5.32 Å². The van der Waals surface area contributed by atoms with Gasteiger partial charge in [0, 0.05) is 16.6 Å². The maximum Gasteiger partial charge on any atom is 0.311 e. The van der Waals surface area contributed by atoms with Crippen LogP contribution in [0.1, 0.15) is 12.0 Å². The van der Waals surface area contributed by atoms with E-state index in [9.17, 15) is 9.90 Å². The zero-order valence-electron chi connectivity index (χ0n) is 9.17. The average molecular weight is 274 g/mol. The molecule has 2 rings (SSSR count). The van der Waals surface area contributed by atoms with Crippen LogP contribution in [0.5, 0.6) is 0 Å². The highest BCUT2D eigenvalue weighted by molar-refractivity contribution is 6.35. The Morgan fingerprint density at radius 3 is 2.76 bits per heavy atom. The first-order valence-electron chi connectivity index (χ1n) is 5.42. The van der Waals surface area contributed by atoms with E-state index in [1.807, 2.05) is 0 Å². The standard InChI is InChI=1S/C12H13Cl2NO2/c13-9-2-1-8(10(14)5-9)6-12(11(16)17)3-4-15-7-12/h1-2,5,15H,3-4,6-7H2,(H,16,17). The summed E-state index contributed by atoms with van der Waals surface area (Å²) >= 11 is 11.9. The summed E-state index contributed by atoms with van der Waals surface area (Å²) in [7, 11) is 0. The van der Waals surface area contributed by atoms with E-state index >= 15 is 0 Å². The number of halogens is 2. The summed E-state index contributed by atoms with van der Waals surface area (Å²) in [6.45, 7) is 1.22. The Kier molecular flexibility index (Phi) is 3.61. The summed E-state index contributed by atoms with van der Waals surface area (Å²) in [5.74, 6) is -0.770. The molecule has 17 heavy (non-hydrogen) atoms. The molecule has 1 fully saturated rings. The van der Waals surface area contributed by atoms with Crippen molar-refractivity contribution in [2.24, 2.45) is 5.41 Å². The molecule has 1 atom stereocenters. The van der Waals surface area contributed by atoms with Gasteiger partial charge in [0.25, 0.3) is 0 Å². The fraction of sp³-hybridized carbons (Fsp3) is 0.417. The Labute approximate surface area is 110 Å². The third-order valence-corrected chi connectivity index (χ3v) is 3.83. The molecule has 0 aromatic heterocycles. The molecule has 92 valence electrons. The highest BCUT2D eigenvalue weighted by Gasteiger charge is 2.41. The van der Waals surface area contributed by atoms with Gasteiger partial charge < -0.3 is 10.4 Å². The second-order valence-electron chi connectivity index (χ2n) is 4.42. The number of hydrogen-bond donors (Lipinski definition) is 2. The first kappa shape index (κ1) is 12.7. The van der Waals surface area contributed by atoms with E-state index in [0.717, 1.165) is 12.1 Å². The van der Waals surface area contributed by atoms with Gasteiger partial charge in [0.1, 0.15) is 0 Å². The number of aliphatic carboxylic acids is 1. The number of carbonyl (C=O) groups is 1. The van der Waals surface area contributed by atoms with Crippen LogP contribution in [0.15, 0.2) is 18.2 Å². The maximum absolute atomic E-state index is 11.4. The van der Waals surface area contributed by atoms with Crippen molar-refractivity contribution in [1.29, 1.82) is 0 Å². The lowest BCUT2D eigenvalue weighted by atomic mass is 9.81. The molecule has 1 aromatic carbocycles. The van der Waals surface area contributed by atoms with Gasteiger partial charge in [-0.3, -0.25) is 4.79 Å². The number of nitrogens with one attached hydrogen (secondary N) is 1. The van der Waals surface area contributed by atoms with Crippen LogP contribution in [0.25, 0.3) is 0 Å². The van der Waals surface area contributed by atoms with Crippen molar-refractivity contribution < 1.29 is 9.90 Å². The fourth-order valence-electron chi connectivity index (χ4n) is 2.18. The van der Waals surface area contributed by atoms with E-state index in [1.54, 1.807) is 18.2 Å². The van der Waals surface area contributed by atoms with Crippen LogP contribution in [0, 0.1) is 5.41 Å². The smallest absolute Gasteiger partial charge is 0.311 e. The third kappa shape index (κ3) is 2.57. The highest BCUT2D eigenvalue weighted by atomic mass is 35.5. The summed E-state index contributed by atoms with van der Waals surface area (Å²) in [6, 6.07) is 5.19. The Hall–Kier alpha value is -0.770. The second-order valence-corrected chi connectivity index (χ2v) is 5.27. The predicted molar refractivity (Wildman–Crippen MR) is 67.7 cm³/mol. The lowest BCUT2D eigenvalue weighted by molar-refractivity contribution is -0.147. The van der Waals surface area contributed by atoms with Crippen molar-refractivity contribution in [3.8, 4) is 0 Å². The molecule has 1 heterocycles. The normalized spacial score (nSPS) is 23.9. The van der Waals surface area contributed by atoms with Gasteiger partial charge in [0.15, 0.2) is 0 Å². The molecule has 1 aromatic rings. The highest BCUT2D eigenvalue weighted by Crippen LogP contribution is 2.33. The van der Waals surface area contributed by atoms with Gasteiger partial charge in [-0.05, 0) is 37.1 Å². The summed E-state index contributed by atoms with van der Waals surface area (Å²) in [5, 5.41) is 13.6. The number of hydrogen-bond acceptors (Lipinski definition) is 2. The van der Waals surface area contributed by atoms with E-state index in [1.165, 1.54) is 0 Å². The molecule has 5 heteroatoms. The minimum absolute atomic E-state index is 0.436. The molecule has 1 saturated heterocycles. The van der Waals surface area contributed by atoms with Crippen LogP contribution in [0.2, 0.25) is 10.0 Å². The number of rotatable bonds is 3. The van der Waals surface area contributed by atoms with Crippen molar-refractivity contribution in [2.75, 3.05) is 13.1 Å². The Morgan fingerprint density at radius 2 is 2.24 bits per heavy atom. The molecule has 0 aliphatic carbocycles. The van der Waals surface area contributed by atoms with E-state index in [2.05, 4.69) is 5.32 Å². The van der Waals surface area contributed by atoms with Gasteiger partial charge >= 0.3 is 5.97 Å². The molecule has 2 N–H and O–H groups in total. The molecule has 3 nitrogen and oxygen atoms in total. The average Bonchev–Trinajstić information content (AvgIpc) is 2.72. The monoisotopic (exact) mass is 273 g/mol. The van der Waals surface area contributed by atoms with Crippen molar-refractivity contribution >= 4 is 29.2 Å². The molecular weight excluding hydrogens is 261 g/mol. The third-order valence-electron chi connectivity index (χ3n) is 3.24. The predicted octanol–water partition coefficient (Wildman–Crippen LogP) is 2.60. The van der Waals surface area contributed by atoms with Gasteiger partial charge in [0.05, 0.1) is 5.41 Å². The summed E-state index contributed by atoms with van der Waals surface area (Å²) in [6.07, 6.45) is 1.06. The van der Waals surface area contributed by atoms with Crippen LogP contribution in [-0.2, 0) is 11.2 Å². The Bertz CT molecular complexity index is 442. The van der Waals surface area contributed by atoms with Crippen molar-refractivity contribution in [3.05, 3.63) is 33.8 Å². The summed E-state index contributed by atoms with van der Waals surface area (Å²) in [4.78, 5) is 11.4. The lowest BCUT2D eigenvalue weighted by Crippen LogP contribution is -2.35. The summed E-state index contributed by atoms with van der Waals surface area (Å²) in [5.41, 5.74) is 0.0967. The van der Waals surface area contributed by atoms with Crippen molar-refractivity contribution in [3.63, 3.8) is 0 Å². The minimum atomic E-state index is -0.770. The molecule has 0 bridgehead atoms. The Morgan fingerprint density at radius 1 is 1.47 bits per heavy atom. The Balaban J connectivity index is 2.26. The van der Waals surface area contributed by atoms with Gasteiger partial charge in [-0.15, -0.1) is 0 Å². The summed E-state index contributed by atoms with van der Waals surface area (Å²) < 4.78 is 0. The first-order valence-corrected chi connectivity index (χ1v) is 6.17. The molecule has 0 spiro atoms. The topological polar surface area (TPSA) is 49.3 Å². The molecule has 0 radical (unpaired) electrons. The lowest BCUT2D eigenvalue weighted by Gasteiger charge is -2.23. The number of carboxylic acid groups (broad SMARTS) is 1. The van der Waals surface area contributed by atoms with E-state index in [4.69, 9.17) is 23.2 Å². The molecule has 1 unspecified atom stereocenters. The van der Waals surface area contributed by atoms with Crippen LogP contribution >= 0.6 is 23.2 Å². The molecule has 1 aliphatic rings. The zero-order valence-corrected chi connectivity index (χ0v) is 10.7. The zero-order chi connectivity index (χ0) is 12.5. The quantitative estimate of drug-likeness (QED) is 0.890. The van der Waals surface area contributed by atoms with E-state index in [-0.39, 0.29) is 0 Å². The van der Waals surface area contributed by atoms with Gasteiger partial charge in [-0.25, -0.2) is 0 Å². The molecule has 1 aliphatic heterocycles. The van der Waals surface area contributed by atoms with Crippen molar-refractivity contribution in [2.45, 2.75) is 12.8 Å². The maximum atomic E-state index is 11.4. The van der Waals surface area contributed by atoms with Gasteiger partial charge in [0.2, 0.25) is 0 Å². The van der Waals surface area contributed by atoms with Crippen LogP contribution in [-0.4, -0.2) is 24.2 Å². The van der Waals surface area contributed by atoms with Gasteiger partial charge in [-0.2, -0.15) is 0 Å².